The summed E-state index contributed by atoms with van der Waals surface area (Å²) in [4.78, 5) is 0. The lowest BCUT2D eigenvalue weighted by atomic mass is 10.0. The Morgan fingerprint density at radius 1 is 1.25 bits per heavy atom. The number of hydrogen-bond donors (Lipinski definition) is 1. The molecular weight excluding hydrogens is 200 g/mol. The highest BCUT2D eigenvalue weighted by atomic mass is 16.3. The standard InChI is InChI=1S/C13H24N2O/c1-6-7-8-11-12(9(2)3)13(16)15(14-11)10(4)5/h9-10,16H,6-8H2,1-5H3. The Labute approximate surface area is 98.5 Å². The van der Waals surface area contributed by atoms with Gasteiger partial charge in [0.1, 0.15) is 0 Å². The van der Waals surface area contributed by atoms with Gasteiger partial charge in [-0.3, -0.25) is 0 Å². The fraction of sp³-hybridized carbons (Fsp3) is 0.769. The summed E-state index contributed by atoms with van der Waals surface area (Å²) >= 11 is 0. The average Bonchev–Trinajstić information content (AvgIpc) is 2.52. The highest BCUT2D eigenvalue weighted by molar-refractivity contribution is 5.34. The molecule has 0 fully saturated rings. The van der Waals surface area contributed by atoms with Crippen LogP contribution in [0.2, 0.25) is 0 Å². The minimum Gasteiger partial charge on any atom is -0.493 e. The number of aromatic nitrogens is 2. The normalized spacial score (nSPS) is 11.7. The summed E-state index contributed by atoms with van der Waals surface area (Å²) in [7, 11) is 0. The van der Waals surface area contributed by atoms with E-state index >= 15 is 0 Å². The summed E-state index contributed by atoms with van der Waals surface area (Å²) in [5.41, 5.74) is 2.10. The zero-order chi connectivity index (χ0) is 12.3. The van der Waals surface area contributed by atoms with Crippen molar-refractivity contribution in [3.63, 3.8) is 0 Å². The summed E-state index contributed by atoms with van der Waals surface area (Å²) in [5, 5.41) is 14.7. The quantitative estimate of drug-likeness (QED) is 0.829. The van der Waals surface area contributed by atoms with E-state index in [1.165, 1.54) is 0 Å². The van der Waals surface area contributed by atoms with Crippen molar-refractivity contribution in [3.8, 4) is 5.88 Å². The molecule has 0 bridgehead atoms. The molecule has 0 amide bonds. The van der Waals surface area contributed by atoms with Crippen LogP contribution < -0.4 is 0 Å². The first kappa shape index (κ1) is 13.1. The number of rotatable bonds is 5. The second-order valence-electron chi connectivity index (χ2n) is 4.98. The van der Waals surface area contributed by atoms with E-state index in [1.54, 1.807) is 4.68 Å². The molecule has 16 heavy (non-hydrogen) atoms. The summed E-state index contributed by atoms with van der Waals surface area (Å²) in [6.45, 7) is 10.5. The Bertz CT molecular complexity index is 340. The van der Waals surface area contributed by atoms with Gasteiger partial charge in [-0.1, -0.05) is 27.2 Å². The predicted octanol–water partition coefficient (Wildman–Crippen LogP) is 3.64. The van der Waals surface area contributed by atoms with Gasteiger partial charge in [-0.25, -0.2) is 4.68 Å². The van der Waals surface area contributed by atoms with Gasteiger partial charge in [-0.05, 0) is 32.6 Å². The Morgan fingerprint density at radius 2 is 1.88 bits per heavy atom. The van der Waals surface area contributed by atoms with Gasteiger partial charge in [0.05, 0.1) is 11.7 Å². The Kier molecular flexibility index (Phi) is 4.39. The molecule has 0 atom stereocenters. The molecule has 0 radical (unpaired) electrons. The molecule has 0 saturated heterocycles. The molecule has 1 aromatic rings. The molecule has 0 unspecified atom stereocenters. The summed E-state index contributed by atoms with van der Waals surface area (Å²) in [5.74, 6) is 0.690. The summed E-state index contributed by atoms with van der Waals surface area (Å²) in [6.07, 6.45) is 3.26. The SMILES string of the molecule is CCCCc1nn(C(C)C)c(O)c1C(C)C. The maximum atomic E-state index is 10.2. The largest absolute Gasteiger partial charge is 0.493 e. The highest BCUT2D eigenvalue weighted by Crippen LogP contribution is 2.31. The molecule has 1 aromatic heterocycles. The summed E-state index contributed by atoms with van der Waals surface area (Å²) in [6, 6.07) is 0.216. The van der Waals surface area contributed by atoms with Crippen LogP contribution in [0.15, 0.2) is 0 Å². The monoisotopic (exact) mass is 224 g/mol. The third kappa shape index (κ3) is 2.57. The second-order valence-corrected chi connectivity index (χ2v) is 4.98. The zero-order valence-corrected chi connectivity index (χ0v) is 11.1. The van der Waals surface area contributed by atoms with E-state index in [2.05, 4.69) is 25.9 Å². The van der Waals surface area contributed by atoms with Gasteiger partial charge in [0.2, 0.25) is 5.88 Å². The summed E-state index contributed by atoms with van der Waals surface area (Å²) < 4.78 is 1.74. The van der Waals surface area contributed by atoms with Crippen LogP contribution in [0.5, 0.6) is 5.88 Å². The number of nitrogens with zero attached hydrogens (tertiary/aromatic N) is 2. The van der Waals surface area contributed by atoms with Crippen molar-refractivity contribution < 1.29 is 5.11 Å². The van der Waals surface area contributed by atoms with E-state index in [9.17, 15) is 5.11 Å². The molecule has 3 nitrogen and oxygen atoms in total. The van der Waals surface area contributed by atoms with Crippen LogP contribution in [0.3, 0.4) is 0 Å². The van der Waals surface area contributed by atoms with Crippen LogP contribution >= 0.6 is 0 Å². The van der Waals surface area contributed by atoms with Crippen molar-refractivity contribution in [1.29, 1.82) is 0 Å². The van der Waals surface area contributed by atoms with Gasteiger partial charge in [-0.2, -0.15) is 5.10 Å². The van der Waals surface area contributed by atoms with E-state index in [0.717, 1.165) is 30.5 Å². The van der Waals surface area contributed by atoms with Crippen LogP contribution in [-0.4, -0.2) is 14.9 Å². The Hall–Kier alpha value is -0.990. The molecule has 0 aromatic carbocycles. The van der Waals surface area contributed by atoms with Crippen molar-refractivity contribution in [2.75, 3.05) is 0 Å². The van der Waals surface area contributed by atoms with Crippen LogP contribution in [0.4, 0.5) is 0 Å². The maximum Gasteiger partial charge on any atom is 0.213 e. The second kappa shape index (κ2) is 5.37. The smallest absolute Gasteiger partial charge is 0.213 e. The first-order valence-corrected chi connectivity index (χ1v) is 6.29. The minimum atomic E-state index is 0.216. The van der Waals surface area contributed by atoms with Crippen molar-refractivity contribution in [2.24, 2.45) is 0 Å². The van der Waals surface area contributed by atoms with Crippen LogP contribution in [0.1, 0.15) is 70.7 Å². The molecule has 0 aliphatic rings. The molecular formula is C13H24N2O. The van der Waals surface area contributed by atoms with Gasteiger partial charge >= 0.3 is 0 Å². The van der Waals surface area contributed by atoms with Gasteiger partial charge in [0.15, 0.2) is 0 Å². The molecule has 92 valence electrons. The zero-order valence-electron chi connectivity index (χ0n) is 11.1. The lowest BCUT2D eigenvalue weighted by Crippen LogP contribution is -2.02. The molecule has 1 N–H and O–H groups in total. The minimum absolute atomic E-state index is 0.216. The third-order valence-corrected chi connectivity index (χ3v) is 2.83. The van der Waals surface area contributed by atoms with E-state index < -0.39 is 0 Å². The van der Waals surface area contributed by atoms with Crippen LogP contribution in [0, 0.1) is 0 Å². The predicted molar refractivity (Wildman–Crippen MR) is 67.0 cm³/mol. The molecule has 3 heteroatoms. The highest BCUT2D eigenvalue weighted by Gasteiger charge is 2.20. The average molecular weight is 224 g/mol. The van der Waals surface area contributed by atoms with Gasteiger partial charge < -0.3 is 5.11 Å². The molecule has 0 aliphatic carbocycles. The van der Waals surface area contributed by atoms with E-state index in [0.29, 0.717) is 11.8 Å². The van der Waals surface area contributed by atoms with Gasteiger partial charge in [0.25, 0.3) is 0 Å². The topological polar surface area (TPSA) is 38.0 Å². The molecule has 1 rings (SSSR count). The number of aromatic hydroxyl groups is 1. The molecule has 0 spiro atoms. The Morgan fingerprint density at radius 3 is 2.31 bits per heavy atom. The Balaban J connectivity index is 3.09. The number of aryl methyl sites for hydroxylation is 1. The maximum absolute atomic E-state index is 10.2. The molecule has 0 saturated carbocycles. The lowest BCUT2D eigenvalue weighted by molar-refractivity contribution is 0.372. The van der Waals surface area contributed by atoms with Crippen molar-refractivity contribution in [2.45, 2.75) is 65.8 Å². The van der Waals surface area contributed by atoms with E-state index in [-0.39, 0.29) is 6.04 Å². The van der Waals surface area contributed by atoms with Gasteiger partial charge in [0, 0.05) is 5.56 Å². The molecule has 1 heterocycles. The third-order valence-electron chi connectivity index (χ3n) is 2.83. The van der Waals surface area contributed by atoms with Crippen molar-refractivity contribution in [3.05, 3.63) is 11.3 Å². The number of unbranched alkanes of at least 4 members (excludes halogenated alkanes) is 1. The van der Waals surface area contributed by atoms with Crippen LogP contribution in [0.25, 0.3) is 0 Å². The fourth-order valence-electron chi connectivity index (χ4n) is 1.96. The van der Waals surface area contributed by atoms with E-state index in [1.807, 2.05) is 13.8 Å². The first-order chi connectivity index (χ1) is 7.49. The first-order valence-electron chi connectivity index (χ1n) is 6.29. The van der Waals surface area contributed by atoms with E-state index in [4.69, 9.17) is 0 Å². The van der Waals surface area contributed by atoms with Crippen molar-refractivity contribution in [1.82, 2.24) is 9.78 Å². The van der Waals surface area contributed by atoms with Crippen molar-refractivity contribution >= 4 is 0 Å². The lowest BCUT2D eigenvalue weighted by Gasteiger charge is -2.08. The molecule has 0 aliphatic heterocycles. The van der Waals surface area contributed by atoms with Crippen LogP contribution in [-0.2, 0) is 6.42 Å². The van der Waals surface area contributed by atoms with Gasteiger partial charge in [-0.15, -0.1) is 0 Å². The fourth-order valence-corrected chi connectivity index (χ4v) is 1.96. The number of hydrogen-bond acceptors (Lipinski definition) is 2.